The van der Waals surface area contributed by atoms with Crippen LogP contribution in [0.25, 0.3) is 16.6 Å². The number of rotatable bonds is 8. The Bertz CT molecular complexity index is 1400. The molecule has 0 spiro atoms. The van der Waals surface area contributed by atoms with Gasteiger partial charge in [-0.3, -0.25) is 4.68 Å². The molecule has 0 amide bonds. The average Bonchev–Trinajstić information content (AvgIpc) is 3.49. The summed E-state index contributed by atoms with van der Waals surface area (Å²) in [5.41, 5.74) is 2.20. The quantitative estimate of drug-likeness (QED) is 0.333. The second kappa shape index (κ2) is 9.26. The van der Waals surface area contributed by atoms with E-state index in [0.717, 1.165) is 16.6 Å². The Morgan fingerprint density at radius 2 is 1.86 bits per heavy atom. The number of halogens is 1. The monoisotopic (exact) mass is 475 g/mol. The Labute approximate surface area is 201 Å². The number of aryl methyl sites for hydroxylation is 1. The molecule has 10 nitrogen and oxygen atoms in total. The number of anilines is 2. The van der Waals surface area contributed by atoms with Crippen molar-refractivity contribution in [1.82, 2.24) is 34.3 Å². The lowest BCUT2D eigenvalue weighted by Gasteiger charge is -2.28. The minimum Gasteiger partial charge on any atom is -0.381 e. The van der Waals surface area contributed by atoms with E-state index in [1.54, 1.807) is 22.2 Å². The van der Waals surface area contributed by atoms with Crippen LogP contribution >= 0.6 is 0 Å². The summed E-state index contributed by atoms with van der Waals surface area (Å²) in [7, 11) is 1.88. The zero-order chi connectivity index (χ0) is 24.4. The zero-order valence-electron chi connectivity index (χ0n) is 19.5. The van der Waals surface area contributed by atoms with Crippen molar-refractivity contribution in [2.45, 2.75) is 25.4 Å². The van der Waals surface area contributed by atoms with Crippen molar-refractivity contribution in [3.05, 3.63) is 72.5 Å². The van der Waals surface area contributed by atoms with E-state index in [1.807, 2.05) is 31.7 Å². The summed E-state index contributed by atoms with van der Waals surface area (Å²) in [4.78, 5) is 12.9. The van der Waals surface area contributed by atoms with Crippen LogP contribution in [0.5, 0.6) is 0 Å². The SMILES string of the molecule is Cn1cc(-c2cc3c(NCCNc4ncc(C(C)(O)C5=C(F)C=CCC5)cn4)ncnn3c2)cn1. The maximum absolute atomic E-state index is 14.2. The van der Waals surface area contributed by atoms with Gasteiger partial charge < -0.3 is 15.7 Å². The second-order valence-electron chi connectivity index (χ2n) is 8.56. The van der Waals surface area contributed by atoms with Gasteiger partial charge in [-0.2, -0.15) is 10.2 Å². The van der Waals surface area contributed by atoms with Gasteiger partial charge in [-0.05, 0) is 31.9 Å². The second-order valence-corrected chi connectivity index (χ2v) is 8.56. The molecule has 0 aromatic carbocycles. The first-order valence-corrected chi connectivity index (χ1v) is 11.3. The fraction of sp³-hybridized carbons (Fsp3) is 0.292. The molecule has 4 aromatic heterocycles. The van der Waals surface area contributed by atoms with Crippen LogP contribution < -0.4 is 10.6 Å². The minimum absolute atomic E-state index is 0.349. The standard InChI is InChI=1S/C24H26FN9O/c1-24(35,19-5-3-4-6-20(19)25)18-11-28-23(29-12-18)27-8-7-26-22-21-9-16(14-34(21)32-15-30-22)17-10-31-33(2)13-17/h4,6,9-15,35H,3,5,7-8H2,1-2H3,(H,26,30,32)(H,27,28,29). The molecule has 5 rings (SSSR count). The molecule has 0 bridgehead atoms. The van der Waals surface area contributed by atoms with Gasteiger partial charge >= 0.3 is 0 Å². The van der Waals surface area contributed by atoms with Crippen molar-refractivity contribution in [3.63, 3.8) is 0 Å². The summed E-state index contributed by atoms with van der Waals surface area (Å²) >= 11 is 0. The molecule has 0 saturated carbocycles. The van der Waals surface area contributed by atoms with Crippen molar-refractivity contribution in [3.8, 4) is 11.1 Å². The van der Waals surface area contributed by atoms with E-state index in [4.69, 9.17) is 0 Å². The first-order valence-electron chi connectivity index (χ1n) is 11.3. The molecule has 35 heavy (non-hydrogen) atoms. The summed E-state index contributed by atoms with van der Waals surface area (Å²) in [6.45, 7) is 2.67. The maximum atomic E-state index is 14.2. The van der Waals surface area contributed by atoms with E-state index < -0.39 is 11.4 Å². The fourth-order valence-electron chi connectivity index (χ4n) is 4.10. The van der Waals surface area contributed by atoms with Gasteiger partial charge in [-0.25, -0.2) is 23.9 Å². The first-order chi connectivity index (χ1) is 16.9. The highest BCUT2D eigenvalue weighted by molar-refractivity contribution is 5.76. The summed E-state index contributed by atoms with van der Waals surface area (Å²) in [6, 6.07) is 2.01. The highest BCUT2D eigenvalue weighted by atomic mass is 19.1. The zero-order valence-corrected chi connectivity index (χ0v) is 19.5. The molecule has 0 radical (unpaired) electrons. The lowest BCUT2D eigenvalue weighted by atomic mass is 9.84. The molecule has 11 heteroatoms. The summed E-state index contributed by atoms with van der Waals surface area (Å²) < 4.78 is 17.7. The molecule has 1 aliphatic carbocycles. The van der Waals surface area contributed by atoms with Gasteiger partial charge in [0.15, 0.2) is 5.82 Å². The van der Waals surface area contributed by atoms with Crippen LogP contribution in [0.3, 0.4) is 0 Å². The fourth-order valence-corrected chi connectivity index (χ4v) is 4.10. The van der Waals surface area contributed by atoms with Crippen LogP contribution in [-0.2, 0) is 12.6 Å². The molecule has 3 N–H and O–H groups in total. The first kappa shape index (κ1) is 22.7. The van der Waals surface area contributed by atoms with Gasteiger partial charge in [-0.15, -0.1) is 0 Å². The molecule has 180 valence electrons. The van der Waals surface area contributed by atoms with Crippen molar-refractivity contribution in [2.75, 3.05) is 23.7 Å². The predicted octanol–water partition coefficient (Wildman–Crippen LogP) is 3.22. The van der Waals surface area contributed by atoms with Crippen LogP contribution in [0.2, 0.25) is 0 Å². The van der Waals surface area contributed by atoms with Crippen molar-refractivity contribution in [2.24, 2.45) is 7.05 Å². The van der Waals surface area contributed by atoms with Crippen molar-refractivity contribution < 1.29 is 9.50 Å². The van der Waals surface area contributed by atoms with Gasteiger partial charge in [-0.1, -0.05) is 6.08 Å². The lowest BCUT2D eigenvalue weighted by molar-refractivity contribution is 0.0896. The maximum Gasteiger partial charge on any atom is 0.222 e. The van der Waals surface area contributed by atoms with E-state index in [2.05, 4.69) is 35.8 Å². The Hall–Kier alpha value is -4.12. The van der Waals surface area contributed by atoms with Gasteiger partial charge in [0.05, 0.1) is 6.20 Å². The molecule has 1 aliphatic rings. The molecular weight excluding hydrogens is 449 g/mol. The number of allylic oxidation sites excluding steroid dienone is 3. The molecule has 4 heterocycles. The Kier molecular flexibility index (Phi) is 6.00. The molecule has 0 fully saturated rings. The third kappa shape index (κ3) is 4.62. The topological polar surface area (TPSA) is 118 Å². The van der Waals surface area contributed by atoms with Crippen LogP contribution in [0.1, 0.15) is 25.3 Å². The summed E-state index contributed by atoms with van der Waals surface area (Å²) in [6.07, 6.45) is 14.6. The van der Waals surface area contributed by atoms with E-state index in [-0.39, 0.29) is 0 Å². The molecule has 0 aliphatic heterocycles. The van der Waals surface area contributed by atoms with Gasteiger partial charge in [0.2, 0.25) is 5.95 Å². The molecule has 4 aromatic rings. The highest BCUT2D eigenvalue weighted by Crippen LogP contribution is 2.36. The Morgan fingerprint density at radius 3 is 2.60 bits per heavy atom. The highest BCUT2D eigenvalue weighted by Gasteiger charge is 2.32. The number of aromatic nitrogens is 7. The van der Waals surface area contributed by atoms with E-state index in [0.29, 0.717) is 48.8 Å². The van der Waals surface area contributed by atoms with E-state index >= 15 is 0 Å². The number of aliphatic hydroxyl groups is 1. The van der Waals surface area contributed by atoms with Crippen LogP contribution in [0.15, 0.2) is 66.9 Å². The average molecular weight is 476 g/mol. The van der Waals surface area contributed by atoms with E-state index in [9.17, 15) is 9.50 Å². The number of hydrogen-bond donors (Lipinski definition) is 3. The predicted molar refractivity (Wildman–Crippen MR) is 130 cm³/mol. The summed E-state index contributed by atoms with van der Waals surface area (Å²) in [5.74, 6) is 0.726. The smallest absolute Gasteiger partial charge is 0.222 e. The molecule has 1 unspecified atom stereocenters. The van der Waals surface area contributed by atoms with Gasteiger partial charge in [0.25, 0.3) is 0 Å². The number of hydrogen-bond acceptors (Lipinski definition) is 8. The Morgan fingerprint density at radius 1 is 1.06 bits per heavy atom. The van der Waals surface area contributed by atoms with E-state index in [1.165, 1.54) is 24.8 Å². The number of nitrogens with one attached hydrogen (secondary N) is 2. The molecule has 0 saturated heterocycles. The molecule has 1 atom stereocenters. The van der Waals surface area contributed by atoms with Crippen LogP contribution in [-0.4, -0.2) is 52.5 Å². The third-order valence-corrected chi connectivity index (χ3v) is 6.06. The largest absolute Gasteiger partial charge is 0.381 e. The normalized spacial score (nSPS) is 15.4. The number of fused-ring (bicyclic) bond motifs is 1. The number of nitrogens with zero attached hydrogens (tertiary/aromatic N) is 7. The van der Waals surface area contributed by atoms with Crippen LogP contribution in [0, 0.1) is 0 Å². The van der Waals surface area contributed by atoms with Crippen LogP contribution in [0.4, 0.5) is 16.2 Å². The lowest BCUT2D eigenvalue weighted by Crippen LogP contribution is -2.26. The van der Waals surface area contributed by atoms with Crippen molar-refractivity contribution in [1.29, 1.82) is 0 Å². The van der Waals surface area contributed by atoms with Crippen molar-refractivity contribution >= 4 is 17.3 Å². The Balaban J connectivity index is 1.20. The minimum atomic E-state index is -1.46. The van der Waals surface area contributed by atoms with Gasteiger partial charge in [0, 0.05) is 67.2 Å². The summed E-state index contributed by atoms with van der Waals surface area (Å²) in [5, 5.41) is 25.9. The van der Waals surface area contributed by atoms with Gasteiger partial charge in [0.1, 0.15) is 23.3 Å². The third-order valence-electron chi connectivity index (χ3n) is 6.06. The molecular formula is C24H26FN9O.